The maximum Gasteiger partial charge on any atom is 0.298 e. The summed E-state index contributed by atoms with van der Waals surface area (Å²) in [5.74, 6) is 0. The van der Waals surface area contributed by atoms with Gasteiger partial charge in [0.05, 0.1) is 0 Å². The van der Waals surface area contributed by atoms with Crippen LogP contribution in [0.3, 0.4) is 0 Å². The maximum absolute atomic E-state index is 11.8. The van der Waals surface area contributed by atoms with Gasteiger partial charge >= 0.3 is 0 Å². The van der Waals surface area contributed by atoms with E-state index in [-0.39, 0.29) is 6.02 Å². The molecule has 82 valence electrons. The third-order valence-electron chi connectivity index (χ3n) is 2.90. The van der Waals surface area contributed by atoms with Gasteiger partial charge in [-0.3, -0.25) is 0 Å². The SMILES string of the molecule is CN=C1NS(=O)(=O)C(C)(C)C(C)(C)O1. The highest BCUT2D eigenvalue weighted by Gasteiger charge is 2.54. The van der Waals surface area contributed by atoms with Gasteiger partial charge in [-0.25, -0.2) is 18.1 Å². The molecular formula is C8H16N2O3S. The molecule has 1 rings (SSSR count). The second-order valence-corrected chi connectivity index (χ2v) is 6.49. The lowest BCUT2D eigenvalue weighted by atomic mass is 9.93. The molecule has 0 saturated carbocycles. The van der Waals surface area contributed by atoms with Crippen molar-refractivity contribution in [1.29, 1.82) is 0 Å². The summed E-state index contributed by atoms with van der Waals surface area (Å²) in [6, 6.07) is 0.0503. The van der Waals surface area contributed by atoms with E-state index in [1.807, 2.05) is 0 Å². The minimum Gasteiger partial charge on any atom is -0.457 e. The topological polar surface area (TPSA) is 67.8 Å². The fourth-order valence-corrected chi connectivity index (χ4v) is 2.35. The summed E-state index contributed by atoms with van der Waals surface area (Å²) in [6.07, 6.45) is 0. The number of ether oxygens (including phenoxy) is 1. The predicted octanol–water partition coefficient (Wildman–Crippen LogP) is 0.479. The van der Waals surface area contributed by atoms with Crippen molar-refractivity contribution in [3.63, 3.8) is 0 Å². The summed E-state index contributed by atoms with van der Waals surface area (Å²) < 4.78 is 30.4. The quantitative estimate of drug-likeness (QED) is 0.645. The van der Waals surface area contributed by atoms with Crippen LogP contribution in [-0.2, 0) is 14.8 Å². The number of aliphatic imine (C=N–C) groups is 1. The van der Waals surface area contributed by atoms with E-state index in [2.05, 4.69) is 9.71 Å². The summed E-state index contributed by atoms with van der Waals surface area (Å²) >= 11 is 0. The van der Waals surface area contributed by atoms with Crippen molar-refractivity contribution in [2.24, 2.45) is 4.99 Å². The molecule has 0 bridgehead atoms. The van der Waals surface area contributed by atoms with E-state index < -0.39 is 20.4 Å². The number of hydrogen-bond acceptors (Lipinski definition) is 4. The standard InChI is InChI=1S/C8H16N2O3S/c1-7(2)8(3,4)14(11,12)10-6(9-5)13-7/h1-5H3,(H,9,10). The monoisotopic (exact) mass is 220 g/mol. The van der Waals surface area contributed by atoms with Gasteiger partial charge in [0.1, 0.15) is 10.3 Å². The van der Waals surface area contributed by atoms with Crippen LogP contribution in [0.25, 0.3) is 0 Å². The van der Waals surface area contributed by atoms with Crippen molar-refractivity contribution in [2.75, 3.05) is 7.05 Å². The Kier molecular flexibility index (Phi) is 2.30. The van der Waals surface area contributed by atoms with Gasteiger partial charge in [0, 0.05) is 7.05 Å². The molecule has 14 heavy (non-hydrogen) atoms. The van der Waals surface area contributed by atoms with E-state index in [1.165, 1.54) is 7.05 Å². The van der Waals surface area contributed by atoms with Gasteiger partial charge in [-0.2, -0.15) is 0 Å². The zero-order valence-electron chi connectivity index (χ0n) is 9.08. The molecule has 0 aliphatic carbocycles. The minimum absolute atomic E-state index is 0.0503. The molecule has 0 amide bonds. The van der Waals surface area contributed by atoms with Crippen LogP contribution in [0.4, 0.5) is 0 Å². The Morgan fingerprint density at radius 3 is 2.14 bits per heavy atom. The third kappa shape index (κ3) is 1.37. The zero-order chi connectivity index (χ0) is 11.2. The van der Waals surface area contributed by atoms with Gasteiger partial charge in [-0.05, 0) is 27.7 Å². The minimum atomic E-state index is -3.44. The Morgan fingerprint density at radius 2 is 1.79 bits per heavy atom. The lowest BCUT2D eigenvalue weighted by molar-refractivity contribution is 0.0472. The predicted molar refractivity (Wildman–Crippen MR) is 54.7 cm³/mol. The first kappa shape index (κ1) is 11.3. The van der Waals surface area contributed by atoms with Crippen molar-refractivity contribution in [2.45, 2.75) is 38.0 Å². The fraction of sp³-hybridized carbons (Fsp3) is 0.875. The second kappa shape index (κ2) is 2.85. The van der Waals surface area contributed by atoms with Gasteiger partial charge in [0.2, 0.25) is 10.0 Å². The molecule has 1 heterocycles. The molecule has 0 atom stereocenters. The van der Waals surface area contributed by atoms with E-state index >= 15 is 0 Å². The summed E-state index contributed by atoms with van der Waals surface area (Å²) in [6.45, 7) is 6.72. The summed E-state index contributed by atoms with van der Waals surface area (Å²) in [7, 11) is -1.96. The number of nitrogens with one attached hydrogen (secondary N) is 1. The highest BCUT2D eigenvalue weighted by Crippen LogP contribution is 2.35. The first-order valence-electron chi connectivity index (χ1n) is 4.32. The number of amidine groups is 1. The van der Waals surface area contributed by atoms with E-state index in [9.17, 15) is 8.42 Å². The smallest absolute Gasteiger partial charge is 0.298 e. The Hall–Kier alpha value is -0.780. The molecule has 0 aromatic carbocycles. The fourth-order valence-electron chi connectivity index (χ4n) is 1.04. The Morgan fingerprint density at radius 1 is 1.29 bits per heavy atom. The normalized spacial score (nSPS) is 30.5. The molecule has 0 aromatic heterocycles. The molecule has 0 spiro atoms. The van der Waals surface area contributed by atoms with Crippen LogP contribution in [-0.4, -0.2) is 31.8 Å². The summed E-state index contributed by atoms with van der Waals surface area (Å²) in [4.78, 5) is 3.71. The highest BCUT2D eigenvalue weighted by atomic mass is 32.2. The Labute approximate surface area is 84.6 Å². The van der Waals surface area contributed by atoms with Gasteiger partial charge in [-0.15, -0.1) is 0 Å². The van der Waals surface area contributed by atoms with Gasteiger partial charge in [0.15, 0.2) is 0 Å². The second-order valence-electron chi connectivity index (χ2n) is 4.26. The van der Waals surface area contributed by atoms with Crippen molar-refractivity contribution in [3.05, 3.63) is 0 Å². The van der Waals surface area contributed by atoms with Crippen molar-refractivity contribution in [3.8, 4) is 0 Å². The van der Waals surface area contributed by atoms with E-state index in [4.69, 9.17) is 4.74 Å². The number of rotatable bonds is 0. The van der Waals surface area contributed by atoms with E-state index in [0.717, 1.165) is 0 Å². The van der Waals surface area contributed by atoms with Gasteiger partial charge in [-0.1, -0.05) is 0 Å². The molecule has 1 aliphatic heterocycles. The van der Waals surface area contributed by atoms with Crippen LogP contribution < -0.4 is 4.72 Å². The third-order valence-corrected chi connectivity index (χ3v) is 5.18. The summed E-state index contributed by atoms with van der Waals surface area (Å²) in [5, 5.41) is 0. The van der Waals surface area contributed by atoms with Crippen molar-refractivity contribution < 1.29 is 13.2 Å². The molecule has 1 saturated heterocycles. The molecule has 0 aromatic rings. The first-order valence-corrected chi connectivity index (χ1v) is 5.80. The molecule has 1 N–H and O–H groups in total. The largest absolute Gasteiger partial charge is 0.457 e. The molecule has 0 radical (unpaired) electrons. The first-order chi connectivity index (χ1) is 6.14. The number of sulfonamides is 1. The average Bonchev–Trinajstić information content (AvgIpc) is 1.99. The molecule has 0 unspecified atom stereocenters. The Bertz CT molecular complexity index is 368. The van der Waals surface area contributed by atoms with Crippen LogP contribution >= 0.6 is 0 Å². The lowest BCUT2D eigenvalue weighted by Gasteiger charge is -2.44. The van der Waals surface area contributed by atoms with Crippen molar-refractivity contribution >= 4 is 16.0 Å². The van der Waals surface area contributed by atoms with Crippen LogP contribution in [0, 0.1) is 0 Å². The molecule has 6 heteroatoms. The number of hydrogen-bond donors (Lipinski definition) is 1. The molecular weight excluding hydrogens is 204 g/mol. The van der Waals surface area contributed by atoms with E-state index in [1.54, 1.807) is 27.7 Å². The van der Waals surface area contributed by atoms with Crippen molar-refractivity contribution in [1.82, 2.24) is 4.72 Å². The van der Waals surface area contributed by atoms with Gasteiger partial charge in [0.25, 0.3) is 6.02 Å². The molecule has 1 aliphatic rings. The zero-order valence-corrected chi connectivity index (χ0v) is 9.90. The average molecular weight is 220 g/mol. The van der Waals surface area contributed by atoms with Crippen LogP contribution in [0.15, 0.2) is 4.99 Å². The van der Waals surface area contributed by atoms with Crippen LogP contribution in [0.1, 0.15) is 27.7 Å². The summed E-state index contributed by atoms with van der Waals surface area (Å²) in [5.41, 5.74) is -0.800. The van der Waals surface area contributed by atoms with Crippen LogP contribution in [0.5, 0.6) is 0 Å². The van der Waals surface area contributed by atoms with Crippen LogP contribution in [0.2, 0.25) is 0 Å². The van der Waals surface area contributed by atoms with E-state index in [0.29, 0.717) is 0 Å². The lowest BCUT2D eigenvalue weighted by Crippen LogP contribution is -2.64. The molecule has 5 nitrogen and oxygen atoms in total. The Balaban J connectivity index is 3.27. The maximum atomic E-state index is 11.8. The van der Waals surface area contributed by atoms with Gasteiger partial charge < -0.3 is 4.74 Å². The molecule has 1 fully saturated rings. The number of nitrogens with zero attached hydrogens (tertiary/aromatic N) is 1. The highest BCUT2D eigenvalue weighted by molar-refractivity contribution is 7.91.